The average molecular weight is 264 g/mol. The van der Waals surface area contributed by atoms with E-state index >= 15 is 0 Å². The molecule has 0 aliphatic heterocycles. The van der Waals surface area contributed by atoms with Gasteiger partial charge < -0.3 is 10.6 Å². The van der Waals surface area contributed by atoms with Crippen molar-refractivity contribution < 1.29 is 4.79 Å². The maximum atomic E-state index is 11.4. The summed E-state index contributed by atoms with van der Waals surface area (Å²) in [6.07, 6.45) is 3.33. The molecule has 2 rings (SSSR count). The zero-order chi connectivity index (χ0) is 14.7. The number of anilines is 2. The van der Waals surface area contributed by atoms with E-state index in [1.165, 1.54) is 6.42 Å². The summed E-state index contributed by atoms with van der Waals surface area (Å²) >= 11 is 0. The van der Waals surface area contributed by atoms with Crippen LogP contribution in [0.5, 0.6) is 0 Å². The zero-order valence-corrected chi connectivity index (χ0v) is 12.9. The fourth-order valence-corrected chi connectivity index (χ4v) is 1.34. The van der Waals surface area contributed by atoms with Gasteiger partial charge in [0.1, 0.15) is 0 Å². The Morgan fingerprint density at radius 3 is 2.21 bits per heavy atom. The molecule has 1 aliphatic rings. The van der Waals surface area contributed by atoms with E-state index in [-0.39, 0.29) is 11.8 Å². The summed E-state index contributed by atoms with van der Waals surface area (Å²) in [4.78, 5) is 11.4. The minimum atomic E-state index is 0.151. The second kappa shape index (κ2) is 10.4. The van der Waals surface area contributed by atoms with E-state index in [0.29, 0.717) is 0 Å². The molecule has 3 nitrogen and oxygen atoms in total. The van der Waals surface area contributed by atoms with Crippen LogP contribution in [-0.4, -0.2) is 13.0 Å². The maximum absolute atomic E-state index is 11.4. The van der Waals surface area contributed by atoms with Gasteiger partial charge in [0.2, 0.25) is 5.91 Å². The lowest BCUT2D eigenvalue weighted by Crippen LogP contribution is -2.13. The van der Waals surface area contributed by atoms with Crippen molar-refractivity contribution in [3.8, 4) is 0 Å². The number of amides is 1. The molecule has 0 radical (unpaired) electrons. The normalized spacial score (nSPS) is 12.3. The summed E-state index contributed by atoms with van der Waals surface area (Å²) < 4.78 is 0. The van der Waals surface area contributed by atoms with Gasteiger partial charge in [0.15, 0.2) is 0 Å². The van der Waals surface area contributed by atoms with Gasteiger partial charge in [-0.25, -0.2) is 0 Å². The highest BCUT2D eigenvalue weighted by molar-refractivity contribution is 5.94. The van der Waals surface area contributed by atoms with Crippen LogP contribution in [0.15, 0.2) is 24.3 Å². The van der Waals surface area contributed by atoms with Gasteiger partial charge >= 0.3 is 0 Å². The molecule has 3 heteroatoms. The Hall–Kier alpha value is -1.51. The predicted molar refractivity (Wildman–Crippen MR) is 84.7 cm³/mol. The molecule has 0 unspecified atom stereocenters. The van der Waals surface area contributed by atoms with Crippen molar-refractivity contribution in [1.82, 2.24) is 0 Å². The molecular weight excluding hydrogens is 236 g/mol. The standard InChI is InChI=1S/C11H14N2O.C3H8.C2H6/c1-12-9-3-2-4-10(7-9)13-11(14)8-5-6-8;1-3-2;1-2/h2-4,7-8,12H,5-6H2,1H3,(H,13,14);3H2,1-2H3;1-2H3. The summed E-state index contributed by atoms with van der Waals surface area (Å²) in [7, 11) is 1.86. The summed E-state index contributed by atoms with van der Waals surface area (Å²) in [5.41, 5.74) is 1.88. The second-order valence-corrected chi connectivity index (χ2v) is 4.30. The van der Waals surface area contributed by atoms with Crippen molar-refractivity contribution in [2.24, 2.45) is 5.92 Å². The van der Waals surface area contributed by atoms with Crippen molar-refractivity contribution >= 4 is 17.3 Å². The molecule has 1 aromatic carbocycles. The van der Waals surface area contributed by atoms with Crippen molar-refractivity contribution in [1.29, 1.82) is 0 Å². The monoisotopic (exact) mass is 264 g/mol. The first-order valence-electron chi connectivity index (χ1n) is 7.29. The van der Waals surface area contributed by atoms with E-state index in [1.807, 2.05) is 45.2 Å². The molecule has 1 saturated carbocycles. The Kier molecular flexibility index (Phi) is 9.59. The number of carbonyl (C=O) groups excluding carboxylic acids is 1. The minimum Gasteiger partial charge on any atom is -0.388 e. The van der Waals surface area contributed by atoms with Gasteiger partial charge in [-0.15, -0.1) is 0 Å². The van der Waals surface area contributed by atoms with Gasteiger partial charge in [-0.3, -0.25) is 4.79 Å². The molecule has 0 atom stereocenters. The van der Waals surface area contributed by atoms with E-state index in [0.717, 1.165) is 24.2 Å². The zero-order valence-electron chi connectivity index (χ0n) is 12.9. The van der Waals surface area contributed by atoms with Crippen molar-refractivity contribution in [2.45, 2.75) is 47.0 Å². The molecule has 1 aliphatic carbocycles. The van der Waals surface area contributed by atoms with Crippen molar-refractivity contribution in [3.63, 3.8) is 0 Å². The largest absolute Gasteiger partial charge is 0.388 e. The highest BCUT2D eigenvalue weighted by Crippen LogP contribution is 2.30. The first-order chi connectivity index (χ1) is 9.21. The number of hydrogen-bond donors (Lipinski definition) is 2. The third-order valence-corrected chi connectivity index (χ3v) is 2.37. The predicted octanol–water partition coefficient (Wildman–Crippen LogP) is 4.52. The van der Waals surface area contributed by atoms with Crippen molar-refractivity contribution in [3.05, 3.63) is 24.3 Å². The van der Waals surface area contributed by atoms with Crippen LogP contribution in [0.3, 0.4) is 0 Å². The first kappa shape index (κ1) is 17.5. The lowest BCUT2D eigenvalue weighted by Gasteiger charge is -2.06. The van der Waals surface area contributed by atoms with Crippen LogP contribution in [0.4, 0.5) is 11.4 Å². The second-order valence-electron chi connectivity index (χ2n) is 4.30. The van der Waals surface area contributed by atoms with Crippen LogP contribution in [0.25, 0.3) is 0 Å². The van der Waals surface area contributed by atoms with Crippen LogP contribution < -0.4 is 10.6 Å². The van der Waals surface area contributed by atoms with Crippen LogP contribution >= 0.6 is 0 Å². The quantitative estimate of drug-likeness (QED) is 0.842. The molecule has 2 N–H and O–H groups in total. The Morgan fingerprint density at radius 2 is 1.74 bits per heavy atom. The van der Waals surface area contributed by atoms with E-state index in [4.69, 9.17) is 0 Å². The van der Waals surface area contributed by atoms with E-state index in [1.54, 1.807) is 0 Å². The molecular formula is C16H28N2O. The summed E-state index contributed by atoms with van der Waals surface area (Å²) in [5, 5.41) is 5.93. The Morgan fingerprint density at radius 1 is 1.21 bits per heavy atom. The fourth-order valence-electron chi connectivity index (χ4n) is 1.34. The molecule has 108 valence electrons. The maximum Gasteiger partial charge on any atom is 0.227 e. The molecule has 0 heterocycles. The smallest absolute Gasteiger partial charge is 0.227 e. The Balaban J connectivity index is 0.000000573. The molecule has 0 aromatic heterocycles. The number of carbonyl (C=O) groups is 1. The molecule has 19 heavy (non-hydrogen) atoms. The van der Waals surface area contributed by atoms with Crippen LogP contribution in [0.1, 0.15) is 47.0 Å². The Bertz CT molecular complexity index is 360. The summed E-state index contributed by atoms with van der Waals surface area (Å²) in [6.45, 7) is 8.25. The third-order valence-electron chi connectivity index (χ3n) is 2.37. The lowest BCUT2D eigenvalue weighted by atomic mass is 10.2. The van der Waals surface area contributed by atoms with Gasteiger partial charge in [0.25, 0.3) is 0 Å². The van der Waals surface area contributed by atoms with Gasteiger partial charge in [-0.2, -0.15) is 0 Å². The van der Waals surface area contributed by atoms with E-state index < -0.39 is 0 Å². The number of benzene rings is 1. The van der Waals surface area contributed by atoms with Gasteiger partial charge in [0.05, 0.1) is 0 Å². The van der Waals surface area contributed by atoms with Gasteiger partial charge in [-0.1, -0.05) is 40.2 Å². The molecule has 0 spiro atoms. The van der Waals surface area contributed by atoms with E-state index in [9.17, 15) is 4.79 Å². The topological polar surface area (TPSA) is 41.1 Å². The first-order valence-corrected chi connectivity index (χ1v) is 7.29. The van der Waals surface area contributed by atoms with Crippen LogP contribution in [0.2, 0.25) is 0 Å². The van der Waals surface area contributed by atoms with E-state index in [2.05, 4.69) is 24.5 Å². The van der Waals surface area contributed by atoms with Crippen LogP contribution in [-0.2, 0) is 4.79 Å². The lowest BCUT2D eigenvalue weighted by molar-refractivity contribution is -0.117. The molecule has 1 amide bonds. The third kappa shape index (κ3) is 7.50. The fraction of sp³-hybridized carbons (Fsp3) is 0.562. The molecule has 1 fully saturated rings. The highest BCUT2D eigenvalue weighted by atomic mass is 16.2. The van der Waals surface area contributed by atoms with Gasteiger partial charge in [0, 0.05) is 24.3 Å². The van der Waals surface area contributed by atoms with Crippen LogP contribution in [0, 0.1) is 5.92 Å². The molecule has 0 saturated heterocycles. The van der Waals surface area contributed by atoms with Crippen molar-refractivity contribution in [2.75, 3.05) is 17.7 Å². The SMILES string of the molecule is CC.CCC.CNc1cccc(NC(=O)C2CC2)c1. The summed E-state index contributed by atoms with van der Waals surface area (Å²) in [6, 6.07) is 7.72. The number of hydrogen-bond acceptors (Lipinski definition) is 2. The highest BCUT2D eigenvalue weighted by Gasteiger charge is 2.29. The van der Waals surface area contributed by atoms with Gasteiger partial charge in [-0.05, 0) is 31.0 Å². The number of nitrogens with one attached hydrogen (secondary N) is 2. The number of rotatable bonds is 3. The Labute approximate surface area is 117 Å². The molecule has 1 aromatic rings. The summed E-state index contributed by atoms with van der Waals surface area (Å²) in [5.74, 6) is 0.409. The molecule has 0 bridgehead atoms. The average Bonchev–Trinajstić information content (AvgIpc) is 3.26. The minimum absolute atomic E-state index is 0.151.